The van der Waals surface area contributed by atoms with Crippen molar-refractivity contribution in [3.05, 3.63) is 58.4 Å². The molecule has 1 N–H and O–H groups in total. The topological polar surface area (TPSA) is 84.1 Å². The first kappa shape index (κ1) is 21.6. The van der Waals surface area contributed by atoms with Gasteiger partial charge in [0.15, 0.2) is 0 Å². The lowest BCUT2D eigenvalue weighted by Crippen LogP contribution is -2.30. The molecule has 0 radical (unpaired) electrons. The van der Waals surface area contributed by atoms with Crippen LogP contribution in [-0.2, 0) is 21.8 Å². The van der Waals surface area contributed by atoms with Gasteiger partial charge in [0.25, 0.3) is 0 Å². The fraction of sp³-hybridized carbons (Fsp3) is 0.381. The summed E-state index contributed by atoms with van der Waals surface area (Å²) in [5.41, 5.74) is 3.77. The van der Waals surface area contributed by atoms with E-state index in [1.807, 2.05) is 42.7 Å². The van der Waals surface area contributed by atoms with Gasteiger partial charge in [-0.15, -0.1) is 0 Å². The highest BCUT2D eigenvalue weighted by Gasteiger charge is 2.17. The van der Waals surface area contributed by atoms with E-state index in [-0.39, 0.29) is 18.4 Å². The number of ether oxygens (including phenoxy) is 1. The maximum Gasteiger partial charge on any atom is 0.339 e. The molecular weight excluding hydrogens is 374 g/mol. The van der Waals surface area contributed by atoms with Crippen LogP contribution in [0, 0.1) is 25.2 Å². The van der Waals surface area contributed by atoms with Crippen molar-refractivity contribution in [2.75, 3.05) is 18.9 Å². The number of nitrogens with zero attached hydrogens (tertiary/aromatic N) is 2. The summed E-state index contributed by atoms with van der Waals surface area (Å²) in [5.74, 6) is 1.02. The zero-order chi connectivity index (χ0) is 20.5. The first-order valence-corrected chi connectivity index (χ1v) is 10.3. The molecule has 2 aromatic rings. The van der Waals surface area contributed by atoms with E-state index in [9.17, 15) is 9.59 Å². The number of aromatic nitrogens is 1. The van der Waals surface area contributed by atoms with Crippen LogP contribution in [0.5, 0.6) is 0 Å². The predicted octanol–water partition coefficient (Wildman–Crippen LogP) is 3.20. The van der Waals surface area contributed by atoms with Crippen molar-refractivity contribution in [1.82, 2.24) is 9.88 Å². The van der Waals surface area contributed by atoms with Crippen molar-refractivity contribution in [1.29, 1.82) is 5.26 Å². The summed E-state index contributed by atoms with van der Waals surface area (Å²) in [6.45, 7) is 6.48. The van der Waals surface area contributed by atoms with Crippen LogP contribution in [0.4, 0.5) is 0 Å². The van der Waals surface area contributed by atoms with Gasteiger partial charge in [0.05, 0.1) is 23.8 Å². The number of thioether (sulfide) groups is 1. The Balaban J connectivity index is 1.80. The molecule has 0 unspecified atom stereocenters. The van der Waals surface area contributed by atoms with Crippen molar-refractivity contribution in [3.63, 3.8) is 0 Å². The van der Waals surface area contributed by atoms with Gasteiger partial charge in [0.2, 0.25) is 5.91 Å². The molecule has 0 aliphatic rings. The van der Waals surface area contributed by atoms with E-state index in [0.29, 0.717) is 24.3 Å². The molecule has 7 heteroatoms. The van der Waals surface area contributed by atoms with Crippen LogP contribution in [-0.4, -0.2) is 35.3 Å². The van der Waals surface area contributed by atoms with E-state index < -0.39 is 0 Å². The summed E-state index contributed by atoms with van der Waals surface area (Å²) in [7, 11) is 0. The molecule has 0 saturated heterocycles. The molecule has 1 amide bonds. The Kier molecular flexibility index (Phi) is 8.15. The second-order valence-electron chi connectivity index (χ2n) is 6.26. The van der Waals surface area contributed by atoms with Gasteiger partial charge in [-0.3, -0.25) is 4.79 Å². The summed E-state index contributed by atoms with van der Waals surface area (Å²) >= 11 is 1.67. The lowest BCUT2D eigenvalue weighted by atomic mass is 10.1. The zero-order valence-corrected chi connectivity index (χ0v) is 17.3. The average molecular weight is 400 g/mol. The normalized spacial score (nSPS) is 10.4. The molecule has 1 aromatic heterocycles. The standard InChI is InChI=1S/C21H25N3O3S/c1-4-27-21(26)19-11-15(2)24(16(19)3)13-20(25)23-9-10-28-14-18-8-6-5-7-17(18)12-22/h5-8,11H,4,9-10,13-14H2,1-3H3,(H,23,25). The van der Waals surface area contributed by atoms with Crippen LogP contribution in [0.3, 0.4) is 0 Å². The summed E-state index contributed by atoms with van der Waals surface area (Å²) < 4.78 is 6.87. The second-order valence-corrected chi connectivity index (χ2v) is 7.37. The molecule has 6 nitrogen and oxygen atoms in total. The molecule has 148 valence electrons. The molecule has 0 saturated carbocycles. The van der Waals surface area contributed by atoms with Crippen LogP contribution < -0.4 is 5.32 Å². The lowest BCUT2D eigenvalue weighted by molar-refractivity contribution is -0.121. The smallest absolute Gasteiger partial charge is 0.339 e. The van der Waals surface area contributed by atoms with Crippen molar-refractivity contribution in [2.24, 2.45) is 0 Å². The van der Waals surface area contributed by atoms with Crippen LogP contribution in [0.2, 0.25) is 0 Å². The fourth-order valence-corrected chi connectivity index (χ4v) is 3.72. The number of hydrogen-bond acceptors (Lipinski definition) is 5. The molecule has 0 aliphatic carbocycles. The molecule has 0 spiro atoms. The van der Waals surface area contributed by atoms with Gasteiger partial charge in [-0.2, -0.15) is 17.0 Å². The Morgan fingerprint density at radius 1 is 1.29 bits per heavy atom. The van der Waals surface area contributed by atoms with Gasteiger partial charge in [0.1, 0.15) is 6.54 Å². The molecular formula is C21H25N3O3S. The maximum absolute atomic E-state index is 12.3. The summed E-state index contributed by atoms with van der Waals surface area (Å²) in [6.07, 6.45) is 0. The minimum atomic E-state index is -0.365. The quantitative estimate of drug-likeness (QED) is 0.517. The van der Waals surface area contributed by atoms with Gasteiger partial charge in [0, 0.05) is 29.4 Å². The Hall–Kier alpha value is -2.72. The fourth-order valence-electron chi connectivity index (χ4n) is 2.86. The number of nitrogens with one attached hydrogen (secondary N) is 1. The number of benzene rings is 1. The molecule has 0 atom stereocenters. The predicted molar refractivity (Wildman–Crippen MR) is 110 cm³/mol. The van der Waals surface area contributed by atoms with E-state index in [2.05, 4.69) is 11.4 Å². The van der Waals surface area contributed by atoms with Gasteiger partial charge >= 0.3 is 5.97 Å². The minimum absolute atomic E-state index is 0.102. The molecule has 1 heterocycles. The number of amides is 1. The van der Waals surface area contributed by atoms with Gasteiger partial charge in [-0.25, -0.2) is 4.79 Å². The average Bonchev–Trinajstić information content (AvgIpc) is 2.96. The Morgan fingerprint density at radius 2 is 2.04 bits per heavy atom. The number of aryl methyl sites for hydroxylation is 1. The monoisotopic (exact) mass is 399 g/mol. The molecule has 0 fully saturated rings. The van der Waals surface area contributed by atoms with Crippen molar-refractivity contribution >= 4 is 23.6 Å². The molecule has 0 bridgehead atoms. The second kappa shape index (κ2) is 10.6. The maximum atomic E-state index is 12.3. The summed E-state index contributed by atoms with van der Waals surface area (Å²) in [5, 5.41) is 12.0. The van der Waals surface area contributed by atoms with Crippen molar-refractivity contribution in [2.45, 2.75) is 33.1 Å². The van der Waals surface area contributed by atoms with Gasteiger partial charge in [-0.05, 0) is 38.5 Å². The molecule has 2 rings (SSSR count). The third-order valence-electron chi connectivity index (χ3n) is 4.33. The first-order valence-electron chi connectivity index (χ1n) is 9.14. The Labute approximate surface area is 169 Å². The van der Waals surface area contributed by atoms with E-state index >= 15 is 0 Å². The molecule has 1 aromatic carbocycles. The Bertz CT molecular complexity index is 884. The van der Waals surface area contributed by atoms with Crippen LogP contribution in [0.1, 0.15) is 39.8 Å². The van der Waals surface area contributed by atoms with Crippen LogP contribution >= 0.6 is 11.8 Å². The third-order valence-corrected chi connectivity index (χ3v) is 5.34. The third kappa shape index (κ3) is 5.64. The van der Waals surface area contributed by atoms with E-state index in [1.165, 1.54) is 0 Å². The van der Waals surface area contributed by atoms with E-state index in [1.54, 1.807) is 24.8 Å². The van der Waals surface area contributed by atoms with Gasteiger partial charge in [-0.1, -0.05) is 18.2 Å². The number of nitriles is 1. The highest BCUT2D eigenvalue weighted by Crippen LogP contribution is 2.17. The summed E-state index contributed by atoms with van der Waals surface area (Å²) in [6, 6.07) is 11.5. The van der Waals surface area contributed by atoms with Crippen LogP contribution in [0.25, 0.3) is 0 Å². The highest BCUT2D eigenvalue weighted by atomic mass is 32.2. The van der Waals surface area contributed by atoms with Crippen molar-refractivity contribution in [3.8, 4) is 6.07 Å². The van der Waals surface area contributed by atoms with Crippen molar-refractivity contribution < 1.29 is 14.3 Å². The number of carbonyl (C=O) groups is 2. The molecule has 0 aliphatic heterocycles. The largest absolute Gasteiger partial charge is 0.462 e. The Morgan fingerprint density at radius 3 is 2.75 bits per heavy atom. The first-order chi connectivity index (χ1) is 13.5. The SMILES string of the molecule is CCOC(=O)c1cc(C)n(CC(=O)NCCSCc2ccccc2C#N)c1C. The highest BCUT2D eigenvalue weighted by molar-refractivity contribution is 7.98. The number of hydrogen-bond donors (Lipinski definition) is 1. The molecule has 28 heavy (non-hydrogen) atoms. The van der Waals surface area contributed by atoms with Crippen LogP contribution in [0.15, 0.2) is 30.3 Å². The lowest BCUT2D eigenvalue weighted by Gasteiger charge is -2.10. The number of carbonyl (C=O) groups excluding carboxylic acids is 2. The van der Waals surface area contributed by atoms with E-state index in [4.69, 9.17) is 10.00 Å². The van der Waals surface area contributed by atoms with Gasteiger partial charge < -0.3 is 14.6 Å². The minimum Gasteiger partial charge on any atom is -0.462 e. The zero-order valence-electron chi connectivity index (χ0n) is 16.4. The number of esters is 1. The van der Waals surface area contributed by atoms with E-state index in [0.717, 1.165) is 28.5 Å². The number of rotatable bonds is 9. The summed E-state index contributed by atoms with van der Waals surface area (Å²) in [4.78, 5) is 24.2.